The van der Waals surface area contributed by atoms with Crippen molar-refractivity contribution < 1.29 is 14.3 Å². The molecule has 40 heavy (non-hydrogen) atoms. The summed E-state index contributed by atoms with van der Waals surface area (Å²) >= 11 is 0. The summed E-state index contributed by atoms with van der Waals surface area (Å²) in [6, 6.07) is 0. The fraction of sp³-hybridized carbons (Fsp3) is 0.889. The Labute approximate surface area is 252 Å². The molecule has 0 aromatic heterocycles. The summed E-state index contributed by atoms with van der Waals surface area (Å²) in [6.07, 6.45) is 45.6. The van der Waals surface area contributed by atoms with Crippen LogP contribution < -0.4 is 0 Å². The van der Waals surface area contributed by atoms with Gasteiger partial charge in [0.25, 0.3) is 0 Å². The Balaban J connectivity index is 3.35. The van der Waals surface area contributed by atoms with Crippen LogP contribution in [0.25, 0.3) is 0 Å². The molecule has 0 saturated carbocycles. The molecule has 0 aliphatic carbocycles. The number of allylic oxidation sites excluding steroid dienone is 4. The fourth-order valence-corrected chi connectivity index (χ4v) is 6.59. The standard InChI is InChI=1S/C36H73O3P/c1-3-5-7-9-11-13-15-17-19-21-23-25-27-29-31-33-35-39-40(37,38)36-34-32-30-28-26-24-22-20-18-16-14-12-10-8-6-4-2/h17-20,37-38,40H,3-16,21-36H2,1-2H3. The van der Waals surface area contributed by atoms with Gasteiger partial charge in [0.2, 0.25) is 0 Å². The van der Waals surface area contributed by atoms with Gasteiger partial charge in [0, 0.05) is 0 Å². The Morgan fingerprint density at radius 3 is 1.07 bits per heavy atom. The average molecular weight is 585 g/mol. The zero-order chi connectivity index (χ0) is 29.2. The van der Waals surface area contributed by atoms with Crippen LogP contribution in [0.5, 0.6) is 0 Å². The molecule has 0 unspecified atom stereocenters. The van der Waals surface area contributed by atoms with Crippen molar-refractivity contribution in [3.05, 3.63) is 24.3 Å². The van der Waals surface area contributed by atoms with E-state index in [2.05, 4.69) is 38.2 Å². The maximum absolute atomic E-state index is 10.2. The first-order valence-corrected chi connectivity index (χ1v) is 20.0. The van der Waals surface area contributed by atoms with E-state index >= 15 is 0 Å². The minimum absolute atomic E-state index is 0.459. The molecule has 240 valence electrons. The Hall–Kier alpha value is -0.210. The smallest absolute Gasteiger partial charge is 0.0654 e. The first-order valence-electron chi connectivity index (χ1n) is 18.0. The quantitative estimate of drug-likeness (QED) is 0.0458. The van der Waals surface area contributed by atoms with Crippen LogP contribution >= 0.6 is 7.94 Å². The molecule has 4 heteroatoms. The van der Waals surface area contributed by atoms with Gasteiger partial charge in [0.1, 0.15) is 0 Å². The first-order chi connectivity index (χ1) is 19.6. The van der Waals surface area contributed by atoms with Gasteiger partial charge in [0.15, 0.2) is 0 Å². The van der Waals surface area contributed by atoms with E-state index in [-0.39, 0.29) is 0 Å². The molecule has 0 atom stereocenters. The van der Waals surface area contributed by atoms with Gasteiger partial charge in [-0.25, -0.2) is 0 Å². The second-order valence-corrected chi connectivity index (χ2v) is 14.5. The van der Waals surface area contributed by atoms with Crippen LogP contribution in [0.15, 0.2) is 24.3 Å². The Kier molecular flexibility index (Phi) is 33.1. The number of hydrogen-bond donors (Lipinski definition) is 2. The van der Waals surface area contributed by atoms with Crippen molar-refractivity contribution in [2.45, 2.75) is 194 Å². The van der Waals surface area contributed by atoms with Gasteiger partial charge in [0.05, 0.1) is 0 Å². The van der Waals surface area contributed by atoms with Crippen molar-refractivity contribution in [3.63, 3.8) is 0 Å². The van der Waals surface area contributed by atoms with Gasteiger partial charge in [-0.05, 0) is 6.42 Å². The molecule has 0 bridgehead atoms. The molecule has 0 radical (unpaired) electrons. The van der Waals surface area contributed by atoms with E-state index in [0.29, 0.717) is 12.8 Å². The van der Waals surface area contributed by atoms with Crippen LogP contribution in [-0.2, 0) is 4.52 Å². The molecular weight excluding hydrogens is 511 g/mol. The van der Waals surface area contributed by atoms with Crippen molar-refractivity contribution in [2.75, 3.05) is 12.8 Å². The predicted octanol–water partition coefficient (Wildman–Crippen LogP) is 12.6. The van der Waals surface area contributed by atoms with Crippen molar-refractivity contribution in [1.29, 1.82) is 0 Å². The summed E-state index contributed by atoms with van der Waals surface area (Å²) in [5, 5.41) is 0. The molecule has 0 aromatic carbocycles. The van der Waals surface area contributed by atoms with Gasteiger partial charge in [-0.1, -0.05) is 78.1 Å². The SMILES string of the molecule is CCCCCCCCC=CCCCCCCCCO[PH](O)(O)CCCCCCCCC=CCCCCCCCC. The molecule has 0 rings (SSSR count). The van der Waals surface area contributed by atoms with Crippen molar-refractivity contribution in [1.82, 2.24) is 0 Å². The minimum atomic E-state index is -3.44. The van der Waals surface area contributed by atoms with Gasteiger partial charge in [-0.15, -0.1) is 0 Å². The molecule has 0 aromatic rings. The third kappa shape index (κ3) is 34.0. The normalized spacial score (nSPS) is 12.8. The fourth-order valence-electron chi connectivity index (χ4n) is 5.26. The molecule has 0 spiro atoms. The van der Waals surface area contributed by atoms with Crippen LogP contribution in [0.2, 0.25) is 0 Å². The van der Waals surface area contributed by atoms with E-state index in [1.165, 1.54) is 154 Å². The van der Waals surface area contributed by atoms with E-state index in [1.807, 2.05) is 0 Å². The van der Waals surface area contributed by atoms with E-state index < -0.39 is 7.94 Å². The Morgan fingerprint density at radius 2 is 0.700 bits per heavy atom. The van der Waals surface area contributed by atoms with Crippen molar-refractivity contribution >= 4 is 7.94 Å². The number of unbranched alkanes of at least 4 members (excludes halogenated alkanes) is 24. The number of rotatable bonds is 33. The molecule has 0 aliphatic rings. The monoisotopic (exact) mass is 585 g/mol. The van der Waals surface area contributed by atoms with Crippen LogP contribution in [0, 0.1) is 0 Å². The molecule has 0 aliphatic heterocycles. The predicted molar refractivity (Wildman–Crippen MR) is 182 cm³/mol. The van der Waals surface area contributed by atoms with Crippen molar-refractivity contribution in [3.8, 4) is 0 Å². The first kappa shape index (κ1) is 39.8. The second kappa shape index (κ2) is 33.3. The second-order valence-electron chi connectivity index (χ2n) is 12.2. The minimum Gasteiger partial charge on any atom is -0.0654 e. The molecule has 0 saturated heterocycles. The van der Waals surface area contributed by atoms with E-state index in [1.54, 1.807) is 0 Å². The van der Waals surface area contributed by atoms with Gasteiger partial charge < -0.3 is 0 Å². The third-order valence-corrected chi connectivity index (χ3v) is 9.67. The maximum atomic E-state index is 10.2. The summed E-state index contributed by atoms with van der Waals surface area (Å²) in [7, 11) is -3.44. The van der Waals surface area contributed by atoms with Crippen LogP contribution in [0.3, 0.4) is 0 Å². The van der Waals surface area contributed by atoms with Crippen LogP contribution in [0.1, 0.15) is 194 Å². The summed E-state index contributed by atoms with van der Waals surface area (Å²) < 4.78 is 5.51. The average Bonchev–Trinajstić information content (AvgIpc) is 2.94. The zero-order valence-electron chi connectivity index (χ0n) is 27.3. The summed E-state index contributed by atoms with van der Waals surface area (Å²) in [4.78, 5) is 20.4. The van der Waals surface area contributed by atoms with E-state index in [4.69, 9.17) is 4.52 Å². The Bertz CT molecular complexity index is 532. The zero-order valence-corrected chi connectivity index (χ0v) is 28.3. The van der Waals surface area contributed by atoms with Crippen LogP contribution in [0.4, 0.5) is 0 Å². The molecule has 2 N–H and O–H groups in total. The van der Waals surface area contributed by atoms with Gasteiger partial charge >= 0.3 is 168 Å². The Morgan fingerprint density at radius 1 is 0.400 bits per heavy atom. The summed E-state index contributed by atoms with van der Waals surface area (Å²) in [6.45, 7) is 5.06. The molecule has 0 heterocycles. The van der Waals surface area contributed by atoms with E-state index in [0.717, 1.165) is 25.7 Å². The summed E-state index contributed by atoms with van der Waals surface area (Å²) in [5.41, 5.74) is 0. The third-order valence-electron chi connectivity index (χ3n) is 8.00. The molecular formula is C36H73O3P. The van der Waals surface area contributed by atoms with E-state index in [9.17, 15) is 9.79 Å². The summed E-state index contributed by atoms with van der Waals surface area (Å²) in [5.74, 6) is 0. The van der Waals surface area contributed by atoms with Gasteiger partial charge in [-0.3, -0.25) is 0 Å². The number of hydrogen-bond acceptors (Lipinski definition) is 3. The van der Waals surface area contributed by atoms with Crippen molar-refractivity contribution in [2.24, 2.45) is 0 Å². The van der Waals surface area contributed by atoms with Crippen LogP contribution in [-0.4, -0.2) is 22.6 Å². The molecule has 3 nitrogen and oxygen atoms in total. The topological polar surface area (TPSA) is 49.7 Å². The molecule has 0 fully saturated rings. The van der Waals surface area contributed by atoms with Gasteiger partial charge in [-0.2, -0.15) is 0 Å². The molecule has 0 amide bonds.